The SMILES string of the molecule is CC[C@@H](C)[C@H](C(=O)OCC(=O)Nc1ccc(C(=O)NC)cc1)c1ccccc1. The number of amides is 2. The summed E-state index contributed by atoms with van der Waals surface area (Å²) in [6.07, 6.45) is 0.818. The quantitative estimate of drug-likeness (QED) is 0.686. The minimum absolute atomic E-state index is 0.0928. The normalized spacial score (nSPS) is 12.5. The van der Waals surface area contributed by atoms with Crippen molar-refractivity contribution < 1.29 is 19.1 Å². The van der Waals surface area contributed by atoms with Gasteiger partial charge in [0.15, 0.2) is 6.61 Å². The van der Waals surface area contributed by atoms with Crippen LogP contribution in [0.1, 0.15) is 42.1 Å². The van der Waals surface area contributed by atoms with Crippen LogP contribution in [0.3, 0.4) is 0 Å². The van der Waals surface area contributed by atoms with Crippen molar-refractivity contribution in [3.63, 3.8) is 0 Å². The topological polar surface area (TPSA) is 84.5 Å². The standard InChI is InChI=1S/C22H26N2O4/c1-4-15(2)20(16-8-6-5-7-9-16)22(27)28-14-19(25)24-18-12-10-17(11-13-18)21(26)23-3/h5-13,15,20H,4,14H2,1-3H3,(H,23,26)(H,24,25)/t15-,20+/m1/s1. The summed E-state index contributed by atoms with van der Waals surface area (Å²) in [5, 5.41) is 5.18. The summed E-state index contributed by atoms with van der Waals surface area (Å²) in [6.45, 7) is 3.64. The molecule has 0 spiro atoms. The van der Waals surface area contributed by atoms with Crippen molar-refractivity contribution in [3.05, 3.63) is 65.7 Å². The van der Waals surface area contributed by atoms with Gasteiger partial charge in [0.25, 0.3) is 11.8 Å². The largest absolute Gasteiger partial charge is 0.455 e. The van der Waals surface area contributed by atoms with E-state index >= 15 is 0 Å². The first kappa shape index (κ1) is 21.2. The molecule has 0 saturated carbocycles. The number of hydrogen-bond donors (Lipinski definition) is 2. The minimum atomic E-state index is -0.433. The van der Waals surface area contributed by atoms with Crippen molar-refractivity contribution in [2.45, 2.75) is 26.2 Å². The Bertz CT molecular complexity index is 803. The maximum absolute atomic E-state index is 12.6. The molecule has 0 saturated heterocycles. The third-order valence-corrected chi connectivity index (χ3v) is 4.63. The lowest BCUT2D eigenvalue weighted by molar-refractivity contribution is -0.150. The summed E-state index contributed by atoms with van der Waals surface area (Å²) in [6, 6.07) is 15.9. The molecule has 2 aromatic rings. The summed E-state index contributed by atoms with van der Waals surface area (Å²) in [4.78, 5) is 36.3. The molecule has 0 bridgehead atoms. The van der Waals surface area contributed by atoms with Crippen LogP contribution in [0.2, 0.25) is 0 Å². The van der Waals surface area contributed by atoms with E-state index in [1.54, 1.807) is 31.3 Å². The molecular formula is C22H26N2O4. The van der Waals surface area contributed by atoms with Gasteiger partial charge in [-0.3, -0.25) is 14.4 Å². The molecule has 6 nitrogen and oxygen atoms in total. The number of benzene rings is 2. The molecule has 148 valence electrons. The molecule has 2 amide bonds. The van der Waals surface area contributed by atoms with Gasteiger partial charge >= 0.3 is 5.97 Å². The third kappa shape index (κ3) is 5.67. The highest BCUT2D eigenvalue weighted by Gasteiger charge is 2.27. The smallest absolute Gasteiger partial charge is 0.314 e. The van der Waals surface area contributed by atoms with E-state index in [2.05, 4.69) is 10.6 Å². The molecule has 0 aliphatic carbocycles. The molecular weight excluding hydrogens is 356 g/mol. The molecule has 0 aliphatic heterocycles. The van der Waals surface area contributed by atoms with Gasteiger partial charge in [0.1, 0.15) is 0 Å². The van der Waals surface area contributed by atoms with E-state index in [1.165, 1.54) is 0 Å². The van der Waals surface area contributed by atoms with Gasteiger partial charge in [0, 0.05) is 18.3 Å². The minimum Gasteiger partial charge on any atom is -0.455 e. The third-order valence-electron chi connectivity index (χ3n) is 4.63. The van der Waals surface area contributed by atoms with Gasteiger partial charge < -0.3 is 15.4 Å². The molecule has 2 aromatic carbocycles. The van der Waals surface area contributed by atoms with E-state index in [1.807, 2.05) is 44.2 Å². The number of ether oxygens (including phenoxy) is 1. The number of nitrogens with one attached hydrogen (secondary N) is 2. The van der Waals surface area contributed by atoms with Crippen molar-refractivity contribution in [1.29, 1.82) is 0 Å². The summed E-state index contributed by atoms with van der Waals surface area (Å²) < 4.78 is 5.28. The first-order chi connectivity index (χ1) is 13.5. The second-order valence-electron chi connectivity index (χ2n) is 6.59. The molecule has 0 radical (unpaired) electrons. The monoisotopic (exact) mass is 382 g/mol. The molecule has 0 aromatic heterocycles. The summed E-state index contributed by atoms with van der Waals surface area (Å²) in [7, 11) is 1.55. The molecule has 28 heavy (non-hydrogen) atoms. The second-order valence-corrected chi connectivity index (χ2v) is 6.59. The van der Waals surface area contributed by atoms with E-state index in [0.717, 1.165) is 12.0 Å². The number of carbonyl (C=O) groups excluding carboxylic acids is 3. The first-order valence-electron chi connectivity index (χ1n) is 9.29. The Hall–Kier alpha value is -3.15. The summed E-state index contributed by atoms with van der Waals surface area (Å²) in [5.74, 6) is -1.37. The van der Waals surface area contributed by atoms with Crippen molar-refractivity contribution in [2.75, 3.05) is 19.0 Å². The molecule has 0 aliphatic rings. The fourth-order valence-electron chi connectivity index (χ4n) is 2.87. The predicted octanol–water partition coefficient (Wildman–Crippen LogP) is 3.36. The zero-order valence-corrected chi connectivity index (χ0v) is 16.4. The van der Waals surface area contributed by atoms with Gasteiger partial charge in [0.05, 0.1) is 5.92 Å². The van der Waals surface area contributed by atoms with Gasteiger partial charge in [-0.25, -0.2) is 0 Å². The van der Waals surface area contributed by atoms with Crippen LogP contribution in [0.25, 0.3) is 0 Å². The zero-order chi connectivity index (χ0) is 20.5. The second kappa shape index (κ2) is 10.3. The van der Waals surface area contributed by atoms with Gasteiger partial charge in [-0.1, -0.05) is 50.6 Å². The Labute approximate surface area is 165 Å². The maximum Gasteiger partial charge on any atom is 0.314 e. The molecule has 0 fully saturated rings. The Morgan fingerprint density at radius 1 is 1.00 bits per heavy atom. The van der Waals surface area contributed by atoms with Crippen LogP contribution in [-0.2, 0) is 14.3 Å². The first-order valence-corrected chi connectivity index (χ1v) is 9.29. The number of rotatable bonds is 8. The van der Waals surface area contributed by atoms with Gasteiger partial charge in [-0.2, -0.15) is 0 Å². The number of carbonyl (C=O) groups is 3. The molecule has 6 heteroatoms. The average molecular weight is 382 g/mol. The highest BCUT2D eigenvalue weighted by Crippen LogP contribution is 2.28. The van der Waals surface area contributed by atoms with Crippen molar-refractivity contribution >= 4 is 23.5 Å². The van der Waals surface area contributed by atoms with Crippen LogP contribution in [-0.4, -0.2) is 31.4 Å². The Morgan fingerprint density at radius 3 is 2.21 bits per heavy atom. The van der Waals surface area contributed by atoms with E-state index in [0.29, 0.717) is 11.3 Å². The number of esters is 1. The molecule has 2 rings (SSSR count). The van der Waals surface area contributed by atoms with Crippen LogP contribution in [0, 0.1) is 5.92 Å². The molecule has 0 heterocycles. The lowest BCUT2D eigenvalue weighted by Gasteiger charge is -2.21. The average Bonchev–Trinajstić information content (AvgIpc) is 2.73. The highest BCUT2D eigenvalue weighted by atomic mass is 16.5. The Balaban J connectivity index is 1.95. The highest BCUT2D eigenvalue weighted by molar-refractivity contribution is 5.96. The van der Waals surface area contributed by atoms with Crippen LogP contribution >= 0.6 is 0 Å². The van der Waals surface area contributed by atoms with Crippen LogP contribution in [0.15, 0.2) is 54.6 Å². The Kier molecular flexibility index (Phi) is 7.75. The van der Waals surface area contributed by atoms with E-state index < -0.39 is 17.8 Å². The van der Waals surface area contributed by atoms with Crippen LogP contribution in [0.4, 0.5) is 5.69 Å². The van der Waals surface area contributed by atoms with Crippen molar-refractivity contribution in [2.24, 2.45) is 5.92 Å². The maximum atomic E-state index is 12.6. The van der Waals surface area contributed by atoms with Crippen LogP contribution in [0.5, 0.6) is 0 Å². The lowest BCUT2D eigenvalue weighted by Crippen LogP contribution is -2.27. The summed E-state index contributed by atoms with van der Waals surface area (Å²) >= 11 is 0. The van der Waals surface area contributed by atoms with E-state index in [9.17, 15) is 14.4 Å². The predicted molar refractivity (Wildman–Crippen MR) is 108 cm³/mol. The molecule has 2 atom stereocenters. The lowest BCUT2D eigenvalue weighted by atomic mass is 9.86. The summed E-state index contributed by atoms with van der Waals surface area (Å²) in [5.41, 5.74) is 1.90. The van der Waals surface area contributed by atoms with E-state index in [4.69, 9.17) is 4.74 Å². The fraction of sp³-hybridized carbons (Fsp3) is 0.318. The zero-order valence-electron chi connectivity index (χ0n) is 16.4. The van der Waals surface area contributed by atoms with Gasteiger partial charge in [-0.15, -0.1) is 0 Å². The fourth-order valence-corrected chi connectivity index (χ4v) is 2.87. The van der Waals surface area contributed by atoms with Crippen LogP contribution < -0.4 is 10.6 Å². The number of hydrogen-bond acceptors (Lipinski definition) is 4. The Morgan fingerprint density at radius 2 is 1.64 bits per heavy atom. The van der Waals surface area contributed by atoms with Gasteiger partial charge in [0.2, 0.25) is 0 Å². The van der Waals surface area contributed by atoms with E-state index in [-0.39, 0.29) is 18.4 Å². The number of anilines is 1. The molecule has 0 unspecified atom stereocenters. The molecule has 2 N–H and O–H groups in total. The van der Waals surface area contributed by atoms with Crippen molar-refractivity contribution in [3.8, 4) is 0 Å². The van der Waals surface area contributed by atoms with Crippen molar-refractivity contribution in [1.82, 2.24) is 5.32 Å². The van der Waals surface area contributed by atoms with Gasteiger partial charge in [-0.05, 0) is 35.7 Å².